The summed E-state index contributed by atoms with van der Waals surface area (Å²) in [7, 11) is 4.54. The van der Waals surface area contributed by atoms with Gasteiger partial charge in [0, 0.05) is 17.5 Å². The standard InChI is InChI=1S/C17H25NO5/c1-21-13-8-12(9-14(22-2)15(13)23-3)16(20)18-10-17(11-19)6-4-5-7-17/h8-9,19H,4-7,10-11H2,1-3H3,(H,18,20). The van der Waals surface area contributed by atoms with Crippen molar-refractivity contribution in [2.45, 2.75) is 25.7 Å². The van der Waals surface area contributed by atoms with E-state index in [1.54, 1.807) is 12.1 Å². The van der Waals surface area contributed by atoms with E-state index in [4.69, 9.17) is 14.2 Å². The minimum Gasteiger partial charge on any atom is -0.493 e. The Bertz CT molecular complexity index is 527. The molecule has 0 unspecified atom stereocenters. The third kappa shape index (κ3) is 3.69. The van der Waals surface area contributed by atoms with Crippen LogP contribution in [-0.2, 0) is 0 Å². The van der Waals surface area contributed by atoms with E-state index in [1.807, 2.05) is 0 Å². The van der Waals surface area contributed by atoms with Gasteiger partial charge in [-0.3, -0.25) is 4.79 Å². The lowest BCUT2D eigenvalue weighted by molar-refractivity contribution is 0.0880. The number of nitrogens with one attached hydrogen (secondary N) is 1. The highest BCUT2D eigenvalue weighted by Crippen LogP contribution is 2.39. The second-order valence-electron chi connectivity index (χ2n) is 5.96. The van der Waals surface area contributed by atoms with Crippen LogP contribution in [-0.4, -0.2) is 45.5 Å². The number of hydrogen-bond acceptors (Lipinski definition) is 5. The lowest BCUT2D eigenvalue weighted by Crippen LogP contribution is -2.38. The van der Waals surface area contributed by atoms with Crippen LogP contribution in [0.5, 0.6) is 17.2 Å². The van der Waals surface area contributed by atoms with Gasteiger partial charge in [0.2, 0.25) is 5.75 Å². The molecule has 1 fully saturated rings. The fourth-order valence-corrected chi connectivity index (χ4v) is 3.10. The molecule has 1 aromatic carbocycles. The maximum atomic E-state index is 12.5. The first-order chi connectivity index (χ1) is 11.1. The zero-order valence-corrected chi connectivity index (χ0v) is 14.0. The Hall–Kier alpha value is -1.95. The molecule has 0 radical (unpaired) electrons. The second kappa shape index (κ2) is 7.55. The summed E-state index contributed by atoms with van der Waals surface area (Å²) in [5.41, 5.74) is 0.252. The molecule has 0 aromatic heterocycles. The molecule has 128 valence electrons. The molecule has 6 heteroatoms. The predicted molar refractivity (Wildman–Crippen MR) is 86.4 cm³/mol. The number of benzene rings is 1. The third-order valence-electron chi connectivity index (χ3n) is 4.55. The number of methoxy groups -OCH3 is 3. The van der Waals surface area contributed by atoms with E-state index in [1.165, 1.54) is 21.3 Å². The predicted octanol–water partition coefficient (Wildman–Crippen LogP) is 1.99. The molecule has 0 aliphatic heterocycles. The molecule has 1 saturated carbocycles. The summed E-state index contributed by atoms with van der Waals surface area (Å²) in [6.45, 7) is 0.571. The highest BCUT2D eigenvalue weighted by atomic mass is 16.5. The fraction of sp³-hybridized carbons (Fsp3) is 0.588. The van der Waals surface area contributed by atoms with Gasteiger partial charge in [0.15, 0.2) is 11.5 Å². The van der Waals surface area contributed by atoms with Crippen LogP contribution in [0.1, 0.15) is 36.0 Å². The summed E-state index contributed by atoms with van der Waals surface area (Å²) in [5.74, 6) is 1.11. The number of carbonyl (C=O) groups excluding carboxylic acids is 1. The molecule has 0 bridgehead atoms. The third-order valence-corrected chi connectivity index (χ3v) is 4.55. The van der Waals surface area contributed by atoms with E-state index in [2.05, 4.69) is 5.32 Å². The van der Waals surface area contributed by atoms with Crippen molar-refractivity contribution in [3.8, 4) is 17.2 Å². The average Bonchev–Trinajstić information content (AvgIpc) is 3.07. The van der Waals surface area contributed by atoms with Crippen LogP contribution in [0.15, 0.2) is 12.1 Å². The normalized spacial score (nSPS) is 16.0. The van der Waals surface area contributed by atoms with E-state index in [9.17, 15) is 9.90 Å². The number of carbonyl (C=O) groups is 1. The zero-order chi connectivity index (χ0) is 16.9. The summed E-state index contributed by atoms with van der Waals surface area (Å²) in [5, 5.41) is 12.5. The lowest BCUT2D eigenvalue weighted by atomic mass is 9.87. The van der Waals surface area contributed by atoms with Crippen molar-refractivity contribution in [3.05, 3.63) is 17.7 Å². The van der Waals surface area contributed by atoms with Crippen LogP contribution in [0.2, 0.25) is 0 Å². The molecule has 0 saturated heterocycles. The fourth-order valence-electron chi connectivity index (χ4n) is 3.10. The van der Waals surface area contributed by atoms with Gasteiger partial charge >= 0.3 is 0 Å². The maximum Gasteiger partial charge on any atom is 0.251 e. The topological polar surface area (TPSA) is 77.0 Å². The van der Waals surface area contributed by atoms with Gasteiger partial charge in [-0.2, -0.15) is 0 Å². The molecule has 0 spiro atoms. The molecular formula is C17H25NO5. The summed E-state index contributed by atoms with van der Waals surface area (Å²) >= 11 is 0. The zero-order valence-electron chi connectivity index (χ0n) is 14.0. The molecule has 0 atom stereocenters. The van der Waals surface area contributed by atoms with Crippen molar-refractivity contribution >= 4 is 5.91 Å². The highest BCUT2D eigenvalue weighted by Gasteiger charge is 2.33. The van der Waals surface area contributed by atoms with Crippen LogP contribution in [0, 0.1) is 5.41 Å². The molecule has 0 heterocycles. The second-order valence-corrected chi connectivity index (χ2v) is 5.96. The van der Waals surface area contributed by atoms with Crippen LogP contribution in [0.25, 0.3) is 0 Å². The molecule has 1 aliphatic rings. The molecular weight excluding hydrogens is 298 g/mol. The van der Waals surface area contributed by atoms with E-state index < -0.39 is 0 Å². The van der Waals surface area contributed by atoms with Crippen molar-refractivity contribution in [2.24, 2.45) is 5.41 Å². The molecule has 1 aromatic rings. The Morgan fingerprint density at radius 2 is 1.70 bits per heavy atom. The van der Waals surface area contributed by atoms with Gasteiger partial charge in [-0.1, -0.05) is 12.8 Å². The van der Waals surface area contributed by atoms with Gasteiger partial charge in [0.25, 0.3) is 5.91 Å². The van der Waals surface area contributed by atoms with Crippen LogP contribution >= 0.6 is 0 Å². The monoisotopic (exact) mass is 323 g/mol. The molecule has 1 aliphatic carbocycles. The van der Waals surface area contributed by atoms with E-state index in [-0.39, 0.29) is 17.9 Å². The average molecular weight is 323 g/mol. The van der Waals surface area contributed by atoms with Crippen molar-refractivity contribution in [1.82, 2.24) is 5.32 Å². The Kier molecular flexibility index (Phi) is 5.71. The Labute approximate surface area is 136 Å². The van der Waals surface area contributed by atoms with Gasteiger partial charge in [-0.05, 0) is 25.0 Å². The minimum atomic E-state index is -0.219. The van der Waals surface area contributed by atoms with E-state index >= 15 is 0 Å². The van der Waals surface area contributed by atoms with Gasteiger partial charge in [0.1, 0.15) is 0 Å². The Morgan fingerprint density at radius 1 is 1.13 bits per heavy atom. The number of aliphatic hydroxyl groups is 1. The smallest absolute Gasteiger partial charge is 0.251 e. The van der Waals surface area contributed by atoms with Crippen LogP contribution < -0.4 is 19.5 Å². The van der Waals surface area contributed by atoms with E-state index in [0.717, 1.165) is 25.7 Å². The number of aliphatic hydroxyl groups excluding tert-OH is 1. The van der Waals surface area contributed by atoms with Crippen LogP contribution in [0.3, 0.4) is 0 Å². The lowest BCUT2D eigenvalue weighted by Gasteiger charge is -2.26. The van der Waals surface area contributed by atoms with Gasteiger partial charge < -0.3 is 24.6 Å². The number of ether oxygens (including phenoxy) is 3. The summed E-state index contributed by atoms with van der Waals surface area (Å²) in [6.07, 6.45) is 4.08. The highest BCUT2D eigenvalue weighted by molar-refractivity contribution is 5.95. The van der Waals surface area contributed by atoms with Crippen molar-refractivity contribution in [3.63, 3.8) is 0 Å². The Balaban J connectivity index is 2.15. The largest absolute Gasteiger partial charge is 0.493 e. The van der Waals surface area contributed by atoms with Gasteiger partial charge in [-0.15, -0.1) is 0 Å². The quantitative estimate of drug-likeness (QED) is 0.802. The summed E-state index contributed by atoms with van der Waals surface area (Å²) < 4.78 is 15.8. The molecule has 23 heavy (non-hydrogen) atoms. The molecule has 2 N–H and O–H groups in total. The number of amides is 1. The number of rotatable bonds is 7. The first kappa shape index (κ1) is 17.4. The van der Waals surface area contributed by atoms with E-state index in [0.29, 0.717) is 29.4 Å². The van der Waals surface area contributed by atoms with Gasteiger partial charge in [-0.25, -0.2) is 0 Å². The van der Waals surface area contributed by atoms with Crippen LogP contribution in [0.4, 0.5) is 0 Å². The molecule has 1 amide bonds. The summed E-state index contributed by atoms with van der Waals surface area (Å²) in [4.78, 5) is 12.5. The SMILES string of the molecule is COc1cc(C(=O)NCC2(CO)CCCC2)cc(OC)c1OC. The molecule has 2 rings (SSSR count). The van der Waals surface area contributed by atoms with Crippen molar-refractivity contribution in [1.29, 1.82) is 0 Å². The van der Waals surface area contributed by atoms with Gasteiger partial charge in [0.05, 0.1) is 27.9 Å². The minimum absolute atomic E-state index is 0.0997. The maximum absolute atomic E-state index is 12.5. The summed E-state index contributed by atoms with van der Waals surface area (Å²) in [6, 6.07) is 3.24. The number of hydrogen-bond donors (Lipinski definition) is 2. The first-order valence-electron chi connectivity index (χ1n) is 7.78. The molecule has 6 nitrogen and oxygen atoms in total. The van der Waals surface area contributed by atoms with Crippen molar-refractivity contribution < 1.29 is 24.1 Å². The first-order valence-corrected chi connectivity index (χ1v) is 7.78. The van der Waals surface area contributed by atoms with Crippen molar-refractivity contribution in [2.75, 3.05) is 34.5 Å². The Morgan fingerprint density at radius 3 is 2.13 bits per heavy atom.